The maximum absolute atomic E-state index is 11.6. The highest BCUT2D eigenvalue weighted by molar-refractivity contribution is 5.86. The van der Waals surface area contributed by atoms with Crippen molar-refractivity contribution < 1.29 is 14.7 Å². The van der Waals surface area contributed by atoms with Gasteiger partial charge in [0.1, 0.15) is 5.75 Å². The van der Waals surface area contributed by atoms with E-state index in [1.165, 1.54) is 24.3 Å². The molecule has 0 aliphatic heterocycles. The van der Waals surface area contributed by atoms with Crippen LogP contribution >= 0.6 is 0 Å². The molecule has 0 unspecified atom stereocenters. The molecule has 0 spiro atoms. The van der Waals surface area contributed by atoms with E-state index in [0.29, 0.717) is 5.75 Å². The number of aryl methyl sites for hydroxylation is 1. The molecule has 0 amide bonds. The quantitative estimate of drug-likeness (QED) is 0.243. The van der Waals surface area contributed by atoms with Crippen LogP contribution in [-0.2, 0) is 15.6 Å². The van der Waals surface area contributed by atoms with Crippen LogP contribution in [0.15, 0.2) is 35.5 Å². The van der Waals surface area contributed by atoms with Gasteiger partial charge >= 0.3 is 5.97 Å². The first kappa shape index (κ1) is 20.1. The Morgan fingerprint density at radius 3 is 2.21 bits per heavy atom. The number of esters is 1. The maximum atomic E-state index is 11.6. The number of nitrogens with zero attached hydrogens (tertiary/aromatic N) is 1. The van der Waals surface area contributed by atoms with Crippen LogP contribution in [0.25, 0.3) is 11.1 Å². The van der Waals surface area contributed by atoms with Crippen molar-refractivity contribution in [1.82, 2.24) is 0 Å². The van der Waals surface area contributed by atoms with Gasteiger partial charge in [0.25, 0.3) is 0 Å². The molecule has 0 fully saturated rings. The van der Waals surface area contributed by atoms with E-state index in [1.54, 1.807) is 12.1 Å². The Kier molecular flexibility index (Phi) is 5.09. The number of oxime groups is 1. The number of fused-ring (bicyclic) bond motifs is 1. The molecule has 2 aromatic rings. The van der Waals surface area contributed by atoms with E-state index >= 15 is 0 Å². The summed E-state index contributed by atoms with van der Waals surface area (Å²) in [5.41, 5.74) is 6.70. The number of hydrogen-bond donors (Lipinski definition) is 1. The van der Waals surface area contributed by atoms with Crippen LogP contribution in [0.3, 0.4) is 0 Å². The van der Waals surface area contributed by atoms with E-state index in [4.69, 9.17) is 9.94 Å². The van der Waals surface area contributed by atoms with E-state index in [9.17, 15) is 4.79 Å². The van der Waals surface area contributed by atoms with Gasteiger partial charge in [-0.3, -0.25) is 4.79 Å². The lowest BCUT2D eigenvalue weighted by Gasteiger charge is -2.42. The number of ether oxygens (including phenoxy) is 1. The molecule has 28 heavy (non-hydrogen) atoms. The van der Waals surface area contributed by atoms with Crippen LogP contribution in [-0.4, -0.2) is 17.4 Å². The van der Waals surface area contributed by atoms with E-state index in [1.807, 2.05) is 6.07 Å². The van der Waals surface area contributed by atoms with Crippen molar-refractivity contribution >= 4 is 12.2 Å². The molecule has 0 saturated heterocycles. The zero-order chi connectivity index (χ0) is 20.7. The Labute approximate surface area is 167 Å². The Hall–Kier alpha value is -2.62. The summed E-state index contributed by atoms with van der Waals surface area (Å²) < 4.78 is 5.48. The highest BCUT2D eigenvalue weighted by Crippen LogP contribution is 2.48. The Morgan fingerprint density at radius 2 is 1.64 bits per heavy atom. The minimum atomic E-state index is -0.359. The van der Waals surface area contributed by atoms with Crippen molar-refractivity contribution in [3.8, 4) is 16.9 Å². The second kappa shape index (κ2) is 7.08. The van der Waals surface area contributed by atoms with E-state index in [-0.39, 0.29) is 16.8 Å². The largest absolute Gasteiger partial charge is 0.426 e. The van der Waals surface area contributed by atoms with E-state index in [2.05, 4.69) is 51.9 Å². The Morgan fingerprint density at radius 1 is 1.04 bits per heavy atom. The normalized spacial score (nSPS) is 17.4. The second-order valence-corrected chi connectivity index (χ2v) is 9.07. The average molecular weight is 380 g/mol. The van der Waals surface area contributed by atoms with Crippen molar-refractivity contribution in [2.75, 3.05) is 0 Å². The van der Waals surface area contributed by atoms with Gasteiger partial charge < -0.3 is 9.94 Å². The van der Waals surface area contributed by atoms with Gasteiger partial charge in [0.2, 0.25) is 0 Å². The third kappa shape index (κ3) is 3.68. The molecule has 0 radical (unpaired) electrons. The molecular weight excluding hydrogens is 350 g/mol. The number of hydrogen-bond acceptors (Lipinski definition) is 4. The van der Waals surface area contributed by atoms with E-state index in [0.717, 1.165) is 35.1 Å². The summed E-state index contributed by atoms with van der Waals surface area (Å²) >= 11 is 0. The highest BCUT2D eigenvalue weighted by Gasteiger charge is 2.37. The number of benzene rings is 2. The van der Waals surface area contributed by atoms with Gasteiger partial charge in [-0.1, -0.05) is 38.9 Å². The summed E-state index contributed by atoms with van der Waals surface area (Å²) in [6.45, 7) is 12.7. The van der Waals surface area contributed by atoms with Gasteiger partial charge in [-0.15, -0.1) is 0 Å². The third-order valence-corrected chi connectivity index (χ3v) is 5.95. The summed E-state index contributed by atoms with van der Waals surface area (Å²) in [5.74, 6) is 0.153. The fourth-order valence-electron chi connectivity index (χ4n) is 4.16. The van der Waals surface area contributed by atoms with Gasteiger partial charge in [0.05, 0.1) is 6.21 Å². The monoisotopic (exact) mass is 379 g/mol. The summed E-state index contributed by atoms with van der Waals surface area (Å²) in [4.78, 5) is 11.6. The molecule has 2 aromatic carbocycles. The van der Waals surface area contributed by atoms with Crippen molar-refractivity contribution in [3.63, 3.8) is 0 Å². The summed E-state index contributed by atoms with van der Waals surface area (Å²) in [6, 6.07) is 9.96. The number of rotatable bonds is 3. The van der Waals surface area contributed by atoms with Gasteiger partial charge in [-0.05, 0) is 82.7 Å². The molecule has 3 rings (SSSR count). The molecule has 4 nitrogen and oxygen atoms in total. The summed E-state index contributed by atoms with van der Waals surface area (Å²) in [6.07, 6.45) is 3.66. The molecule has 0 bridgehead atoms. The Bertz CT molecular complexity index is 955. The van der Waals surface area contributed by atoms with Crippen molar-refractivity contribution in [2.45, 2.75) is 65.2 Å². The van der Waals surface area contributed by atoms with Gasteiger partial charge in [-0.25, -0.2) is 0 Å². The molecule has 1 aliphatic carbocycles. The zero-order valence-electron chi connectivity index (χ0n) is 17.6. The lowest BCUT2D eigenvalue weighted by Crippen LogP contribution is -2.34. The van der Waals surface area contributed by atoms with Crippen molar-refractivity contribution in [3.05, 3.63) is 52.6 Å². The number of carbonyl (C=O) groups is 1. The van der Waals surface area contributed by atoms with Crippen LogP contribution in [0.5, 0.6) is 5.75 Å². The molecule has 0 heterocycles. The first-order valence-corrected chi connectivity index (χ1v) is 9.71. The van der Waals surface area contributed by atoms with Crippen LogP contribution in [0.4, 0.5) is 0 Å². The molecule has 1 aliphatic rings. The summed E-state index contributed by atoms with van der Waals surface area (Å²) in [5, 5.41) is 12.1. The minimum Gasteiger partial charge on any atom is -0.426 e. The van der Waals surface area contributed by atoms with Gasteiger partial charge in [0.15, 0.2) is 0 Å². The molecule has 0 aromatic heterocycles. The van der Waals surface area contributed by atoms with Gasteiger partial charge in [-0.2, -0.15) is 0 Å². The fraction of sp³-hybridized carbons (Fsp3) is 0.417. The molecule has 0 saturated carbocycles. The highest BCUT2D eigenvalue weighted by atomic mass is 16.5. The minimum absolute atomic E-state index is 0.0824. The predicted octanol–water partition coefficient (Wildman–Crippen LogP) is 5.74. The lowest BCUT2D eigenvalue weighted by molar-refractivity contribution is -0.131. The molecule has 0 atom stereocenters. The van der Waals surface area contributed by atoms with Crippen LogP contribution in [0, 0.1) is 6.92 Å². The van der Waals surface area contributed by atoms with E-state index < -0.39 is 0 Å². The van der Waals surface area contributed by atoms with Gasteiger partial charge in [0, 0.05) is 12.5 Å². The fourth-order valence-corrected chi connectivity index (χ4v) is 4.16. The Balaban J connectivity index is 2.27. The van der Waals surface area contributed by atoms with Crippen LogP contribution in [0.1, 0.15) is 69.7 Å². The third-order valence-electron chi connectivity index (χ3n) is 5.95. The smallest absolute Gasteiger partial charge is 0.308 e. The topological polar surface area (TPSA) is 58.9 Å². The SMILES string of the molecule is CC(=O)Oc1ccc(/C=N/O)cc1-c1cc2c(cc1C)C(C)(C)CCC2(C)C. The first-order chi connectivity index (χ1) is 13.0. The molecule has 148 valence electrons. The molecule has 4 heteroatoms. The average Bonchev–Trinajstić information content (AvgIpc) is 2.60. The van der Waals surface area contributed by atoms with Crippen LogP contribution < -0.4 is 4.74 Å². The molecule has 1 N–H and O–H groups in total. The summed E-state index contributed by atoms with van der Waals surface area (Å²) in [7, 11) is 0. The predicted molar refractivity (Wildman–Crippen MR) is 113 cm³/mol. The standard InChI is InChI=1S/C24H29NO3/c1-15-11-20-21(24(5,6)10-9-23(20,3)4)13-18(15)19-12-17(14-25-27)7-8-22(19)28-16(2)26/h7-8,11-14,27H,9-10H2,1-6H3/b25-14+. The first-order valence-electron chi connectivity index (χ1n) is 9.71. The van der Waals surface area contributed by atoms with Crippen LogP contribution in [0.2, 0.25) is 0 Å². The second-order valence-electron chi connectivity index (χ2n) is 9.07. The van der Waals surface area contributed by atoms with Crippen molar-refractivity contribution in [1.29, 1.82) is 0 Å². The molecular formula is C24H29NO3. The number of carbonyl (C=O) groups excluding carboxylic acids is 1. The maximum Gasteiger partial charge on any atom is 0.308 e. The lowest BCUT2D eigenvalue weighted by atomic mass is 9.62. The van der Waals surface area contributed by atoms with Crippen molar-refractivity contribution in [2.24, 2.45) is 5.16 Å². The zero-order valence-corrected chi connectivity index (χ0v) is 17.6.